The van der Waals surface area contributed by atoms with Crippen molar-refractivity contribution in [1.82, 2.24) is 0 Å². The summed E-state index contributed by atoms with van der Waals surface area (Å²) in [4.78, 5) is 0. The summed E-state index contributed by atoms with van der Waals surface area (Å²) in [6, 6.07) is 0. The van der Waals surface area contributed by atoms with Crippen LogP contribution >= 0.6 is 0 Å². The lowest BCUT2D eigenvalue weighted by molar-refractivity contribution is -0.0175. The fourth-order valence-corrected chi connectivity index (χ4v) is 3.81. The van der Waals surface area contributed by atoms with Crippen LogP contribution in [0, 0.1) is 0 Å². The monoisotopic (exact) mass is 879 g/mol. The Morgan fingerprint density at radius 3 is 0.583 bits per heavy atom. The van der Waals surface area contributed by atoms with Crippen molar-refractivity contribution in [3.63, 3.8) is 0 Å². The Labute approximate surface area is 371 Å². The van der Waals surface area contributed by atoms with Crippen LogP contribution in [-0.4, -0.2) is 183 Å². The highest BCUT2D eigenvalue weighted by Gasteiger charge is 1.97. The predicted molar refractivity (Wildman–Crippen MR) is 245 cm³/mol. The zero-order chi connectivity index (χ0) is 44.7. The van der Waals surface area contributed by atoms with E-state index >= 15 is 0 Å². The van der Waals surface area contributed by atoms with Gasteiger partial charge in [-0.3, -0.25) is 0 Å². The minimum Gasteiger partial charge on any atom is -0.381 e. The van der Waals surface area contributed by atoms with E-state index in [-0.39, 0.29) is 19.6 Å². The molecule has 0 aromatic heterocycles. The Balaban J connectivity index is -0.000000227. The Hall–Kier alpha value is -0.560. The van der Waals surface area contributed by atoms with E-state index in [1.807, 2.05) is 55.4 Å². The van der Waals surface area contributed by atoms with Crippen LogP contribution in [0.1, 0.15) is 123 Å². The SMILES string of the molecule is C.CCCOCCCOC(C)C.CCCOCCOCCOC(C)C.CCCOCCOCCOCCOC(C)C.CCCOCCOCCOCCOCCOC(C)C. The quantitative estimate of drug-likeness (QED) is 0.0543. The van der Waals surface area contributed by atoms with Crippen molar-refractivity contribution >= 4 is 0 Å². The van der Waals surface area contributed by atoms with Crippen LogP contribution in [0.2, 0.25) is 0 Å². The summed E-state index contributed by atoms with van der Waals surface area (Å²) < 4.78 is 74.4. The van der Waals surface area contributed by atoms with Crippen molar-refractivity contribution in [2.45, 2.75) is 147 Å². The second-order valence-electron chi connectivity index (χ2n) is 14.2. The molecule has 0 N–H and O–H groups in total. The molecule has 0 spiro atoms. The van der Waals surface area contributed by atoms with Gasteiger partial charge in [-0.15, -0.1) is 0 Å². The molecule has 0 unspecified atom stereocenters. The number of rotatable bonds is 43. The van der Waals surface area contributed by atoms with E-state index in [4.69, 9.17) is 66.3 Å². The van der Waals surface area contributed by atoms with Crippen molar-refractivity contribution in [3.8, 4) is 0 Å². The predicted octanol–water partition coefficient (Wildman–Crippen LogP) is 8.48. The second-order valence-corrected chi connectivity index (χ2v) is 14.2. The van der Waals surface area contributed by atoms with Gasteiger partial charge >= 0.3 is 0 Å². The largest absolute Gasteiger partial charge is 0.381 e. The first-order valence-corrected chi connectivity index (χ1v) is 22.8. The zero-order valence-corrected chi connectivity index (χ0v) is 40.5. The van der Waals surface area contributed by atoms with Crippen molar-refractivity contribution in [3.05, 3.63) is 0 Å². The van der Waals surface area contributed by atoms with Crippen LogP contribution in [0.15, 0.2) is 0 Å². The molecule has 0 aliphatic heterocycles. The number of ether oxygens (including phenoxy) is 14. The van der Waals surface area contributed by atoms with Gasteiger partial charge in [0.1, 0.15) is 0 Å². The highest BCUT2D eigenvalue weighted by molar-refractivity contribution is 4.41. The number of hydrogen-bond donors (Lipinski definition) is 0. The molecule has 14 nitrogen and oxygen atoms in total. The summed E-state index contributed by atoms with van der Waals surface area (Å²) >= 11 is 0. The maximum atomic E-state index is 5.36. The lowest BCUT2D eigenvalue weighted by Crippen LogP contribution is -2.14. The molecule has 0 saturated heterocycles. The van der Waals surface area contributed by atoms with Crippen molar-refractivity contribution in [2.24, 2.45) is 0 Å². The average Bonchev–Trinajstić information content (AvgIpc) is 3.20. The third-order valence-corrected chi connectivity index (χ3v) is 6.55. The van der Waals surface area contributed by atoms with E-state index < -0.39 is 0 Å². The fourth-order valence-electron chi connectivity index (χ4n) is 3.81. The van der Waals surface area contributed by atoms with E-state index in [1.165, 1.54) is 0 Å². The van der Waals surface area contributed by atoms with Crippen LogP contribution < -0.4 is 0 Å². The summed E-state index contributed by atoms with van der Waals surface area (Å²) in [6.45, 7) is 41.0. The first kappa shape index (κ1) is 68.5. The van der Waals surface area contributed by atoms with Gasteiger partial charge in [0.25, 0.3) is 0 Å². The molecule has 0 aromatic carbocycles. The lowest BCUT2D eigenvalue weighted by atomic mass is 10.4. The molecular weight excluding hydrogens is 776 g/mol. The maximum absolute atomic E-state index is 5.36. The summed E-state index contributed by atoms with van der Waals surface area (Å²) in [5, 5.41) is 0. The first-order valence-electron chi connectivity index (χ1n) is 22.8. The topological polar surface area (TPSA) is 129 Å². The summed E-state index contributed by atoms with van der Waals surface area (Å²) in [5.74, 6) is 0. The van der Waals surface area contributed by atoms with Crippen molar-refractivity contribution < 1.29 is 66.3 Å². The molecule has 0 saturated carbocycles. The van der Waals surface area contributed by atoms with E-state index in [2.05, 4.69) is 27.7 Å². The zero-order valence-electron chi connectivity index (χ0n) is 40.5. The molecule has 0 amide bonds. The van der Waals surface area contributed by atoms with Crippen LogP contribution in [0.5, 0.6) is 0 Å². The highest BCUT2D eigenvalue weighted by atomic mass is 16.6. The van der Waals surface area contributed by atoms with Gasteiger partial charge in [0.15, 0.2) is 0 Å². The van der Waals surface area contributed by atoms with Gasteiger partial charge in [-0.2, -0.15) is 0 Å². The highest BCUT2D eigenvalue weighted by Crippen LogP contribution is 1.93. The van der Waals surface area contributed by atoms with Crippen LogP contribution in [0.25, 0.3) is 0 Å². The van der Waals surface area contributed by atoms with Gasteiger partial charge in [0.2, 0.25) is 0 Å². The van der Waals surface area contributed by atoms with Crippen LogP contribution in [0.4, 0.5) is 0 Å². The van der Waals surface area contributed by atoms with Crippen LogP contribution in [-0.2, 0) is 66.3 Å². The Morgan fingerprint density at radius 1 is 0.217 bits per heavy atom. The molecule has 0 aliphatic carbocycles. The average molecular weight is 879 g/mol. The van der Waals surface area contributed by atoms with E-state index in [9.17, 15) is 0 Å². The Morgan fingerprint density at radius 2 is 0.383 bits per heavy atom. The molecule has 0 atom stereocenters. The van der Waals surface area contributed by atoms with Gasteiger partial charge in [-0.05, 0) is 87.5 Å². The second kappa shape index (κ2) is 65.1. The van der Waals surface area contributed by atoms with Crippen molar-refractivity contribution in [1.29, 1.82) is 0 Å². The molecular formula is C46H102O14. The molecule has 0 rings (SSSR count). The van der Waals surface area contributed by atoms with Crippen molar-refractivity contribution in [2.75, 3.05) is 159 Å². The standard InChI is InChI=1S/C14H30O5.C12H26O4.C10H22O3.C9H20O2.CH4/c1-4-5-15-6-7-16-8-9-17-10-11-18-12-13-19-14(2)3;1-4-5-13-6-7-14-8-9-15-10-11-16-12(2)3;1-4-5-11-6-7-12-8-9-13-10(2)3;1-4-6-10-7-5-8-11-9(2)3;/h14H,4-13H2,1-3H3;12H,4-11H2,1-3H3;10H,4-9H2,1-3H3;9H,4-8H2,1-3H3;1H4. The van der Waals surface area contributed by atoms with Gasteiger partial charge in [-0.1, -0.05) is 35.1 Å². The fraction of sp³-hybridized carbons (Fsp3) is 1.00. The normalized spacial score (nSPS) is 11.0. The Bertz CT molecular complexity index is 675. The minimum atomic E-state index is 0. The van der Waals surface area contributed by atoms with E-state index in [0.29, 0.717) is 131 Å². The molecule has 0 aromatic rings. The smallest absolute Gasteiger partial charge is 0.0703 e. The molecule has 0 bridgehead atoms. The third-order valence-electron chi connectivity index (χ3n) is 6.55. The van der Waals surface area contributed by atoms with Gasteiger partial charge in [0, 0.05) is 39.6 Å². The lowest BCUT2D eigenvalue weighted by Gasteiger charge is -2.09. The number of hydrogen-bond acceptors (Lipinski definition) is 14. The van der Waals surface area contributed by atoms with E-state index in [0.717, 1.165) is 71.7 Å². The summed E-state index contributed by atoms with van der Waals surface area (Å²) in [5.41, 5.74) is 0. The van der Waals surface area contributed by atoms with E-state index in [1.54, 1.807) is 0 Å². The molecule has 60 heavy (non-hydrogen) atoms. The molecule has 0 aliphatic rings. The van der Waals surface area contributed by atoms with Gasteiger partial charge in [0.05, 0.1) is 143 Å². The molecule has 0 radical (unpaired) electrons. The van der Waals surface area contributed by atoms with Gasteiger partial charge in [-0.25, -0.2) is 0 Å². The summed E-state index contributed by atoms with van der Waals surface area (Å²) in [6.07, 6.45) is 6.46. The third kappa shape index (κ3) is 84.8. The molecule has 370 valence electrons. The molecule has 0 heterocycles. The van der Waals surface area contributed by atoms with Crippen LogP contribution in [0.3, 0.4) is 0 Å². The molecule has 0 fully saturated rings. The maximum Gasteiger partial charge on any atom is 0.0703 e. The Kier molecular flexibility index (Phi) is 74.3. The minimum absolute atomic E-state index is 0. The first-order chi connectivity index (χ1) is 28.6. The summed E-state index contributed by atoms with van der Waals surface area (Å²) in [7, 11) is 0. The molecule has 14 heteroatoms. The van der Waals surface area contributed by atoms with Gasteiger partial charge < -0.3 is 66.3 Å².